The fraction of sp³-hybridized carbons (Fsp3) is 0.385. The van der Waals surface area contributed by atoms with Crippen molar-refractivity contribution in [3.63, 3.8) is 0 Å². The van der Waals surface area contributed by atoms with Gasteiger partial charge >= 0.3 is 33.6 Å². The maximum absolute atomic E-state index is 12.6. The van der Waals surface area contributed by atoms with Crippen LogP contribution in [0.15, 0.2) is 27.9 Å². The fourth-order valence-electron chi connectivity index (χ4n) is 1.21. The Bertz CT molecular complexity index is 466. The smallest absolute Gasteiger partial charge is 0.166 e. The van der Waals surface area contributed by atoms with E-state index in [1.54, 1.807) is 11.0 Å². The highest BCUT2D eigenvalue weighted by molar-refractivity contribution is 5.27. The average Bonchev–Trinajstić information content (AvgIpc) is 2.33. The number of benzene rings is 1. The van der Waals surface area contributed by atoms with Crippen LogP contribution in [0.4, 0.5) is 26.3 Å². The van der Waals surface area contributed by atoms with Gasteiger partial charge in [0.25, 0.3) is 0 Å². The van der Waals surface area contributed by atoms with Crippen LogP contribution >= 0.6 is 0 Å². The maximum atomic E-state index is 12.6. The van der Waals surface area contributed by atoms with Gasteiger partial charge in [-0.05, 0) is 25.0 Å². The average molecular weight is 409 g/mol. The van der Waals surface area contributed by atoms with Crippen molar-refractivity contribution in [1.29, 1.82) is 0 Å². The Kier molecular flexibility index (Phi) is 5.51. The third-order valence-electron chi connectivity index (χ3n) is 2.48. The monoisotopic (exact) mass is 409 g/mol. The Morgan fingerprint density at radius 3 is 1.80 bits per heavy atom. The van der Waals surface area contributed by atoms with E-state index < -0.39 is 44.7 Å². The second-order valence-corrected chi connectivity index (χ2v) is 6.63. The minimum atomic E-state index is -4.77. The summed E-state index contributed by atoms with van der Waals surface area (Å²) >= 11 is -1.01. The van der Waals surface area contributed by atoms with Gasteiger partial charge in [0, 0.05) is 12.1 Å². The van der Waals surface area contributed by atoms with E-state index in [4.69, 9.17) is 0 Å². The maximum Gasteiger partial charge on any atom is 0.416 e. The van der Waals surface area contributed by atoms with Crippen LogP contribution in [0, 0.1) is 3.57 Å². The van der Waals surface area contributed by atoms with Crippen LogP contribution in [0.25, 0.3) is 0 Å². The van der Waals surface area contributed by atoms with Crippen LogP contribution in [-0.2, 0) is 12.4 Å². The predicted octanol–water partition coefficient (Wildman–Crippen LogP) is 2.30. The van der Waals surface area contributed by atoms with Crippen molar-refractivity contribution in [2.75, 3.05) is 0 Å². The van der Waals surface area contributed by atoms with Gasteiger partial charge in [-0.15, -0.1) is 0 Å². The van der Waals surface area contributed by atoms with Crippen molar-refractivity contribution in [2.45, 2.75) is 32.6 Å². The molecule has 7 heteroatoms. The molecule has 1 aromatic rings. The Labute approximate surface area is 123 Å². The molecule has 0 radical (unpaired) electrons. The first-order valence-corrected chi connectivity index (χ1v) is 7.95. The summed E-state index contributed by atoms with van der Waals surface area (Å²) in [5.74, 6) is 0. The number of hydrogen-bond donors (Lipinski definition) is 0. The van der Waals surface area contributed by atoms with E-state index in [0.717, 1.165) is 24.1 Å². The number of hydrogen-bond acceptors (Lipinski definition) is 0. The molecule has 0 atom stereocenters. The van der Waals surface area contributed by atoms with Gasteiger partial charge in [-0.3, -0.25) is 0 Å². The molecular weight excluding hydrogens is 397 g/mol. The van der Waals surface area contributed by atoms with Gasteiger partial charge < -0.3 is 0 Å². The molecule has 0 amide bonds. The number of alkyl halides is 6. The third kappa shape index (κ3) is 4.99. The molecule has 0 N–H and O–H groups in total. The molecule has 0 saturated heterocycles. The lowest BCUT2D eigenvalue weighted by Crippen LogP contribution is -3.59. The Hall–Kier alpha value is -0.730. The van der Waals surface area contributed by atoms with Gasteiger partial charge in [-0.25, -0.2) is 0 Å². The lowest BCUT2D eigenvalue weighted by molar-refractivity contribution is -0.558. The normalized spacial score (nSPS) is 13.7. The van der Waals surface area contributed by atoms with Crippen LogP contribution in [0.5, 0.6) is 0 Å². The van der Waals surface area contributed by atoms with Crippen LogP contribution < -0.4 is 21.2 Å². The van der Waals surface area contributed by atoms with Gasteiger partial charge in [-0.2, -0.15) is 26.3 Å². The molecule has 0 heterocycles. The zero-order valence-electron chi connectivity index (χ0n) is 10.7. The highest BCUT2D eigenvalue weighted by Crippen LogP contribution is 2.34. The number of rotatable bonds is 3. The zero-order valence-corrected chi connectivity index (χ0v) is 12.8. The first-order chi connectivity index (χ1) is 9.04. The first kappa shape index (κ1) is 17.3. The molecular formula is C13H12F6I+. The summed E-state index contributed by atoms with van der Waals surface area (Å²) in [7, 11) is 0. The van der Waals surface area contributed by atoms with Crippen molar-refractivity contribution in [3.8, 4) is 0 Å². The molecule has 112 valence electrons. The number of halogens is 7. The molecule has 0 saturated carbocycles. The van der Waals surface area contributed by atoms with E-state index in [1.165, 1.54) is 0 Å². The molecule has 0 aliphatic carbocycles. The Balaban J connectivity index is 3.24. The van der Waals surface area contributed by atoms with Crippen molar-refractivity contribution in [3.05, 3.63) is 42.6 Å². The summed E-state index contributed by atoms with van der Waals surface area (Å²) in [5, 5.41) is 0. The minimum absolute atomic E-state index is 0.110. The molecule has 20 heavy (non-hydrogen) atoms. The summed E-state index contributed by atoms with van der Waals surface area (Å²) in [6.45, 7) is 3.68. The number of allylic oxidation sites excluding steroid dienone is 1. The lowest BCUT2D eigenvalue weighted by Gasteiger charge is -2.10. The quantitative estimate of drug-likeness (QED) is 0.531. The fourth-order valence-corrected chi connectivity index (χ4v) is 3.58. The SMILES string of the molecule is CC/C(C)=C\[I+]c1cc(C(F)(F)F)cc(C(F)(F)F)c1. The molecule has 0 aliphatic rings. The van der Waals surface area contributed by atoms with Crippen LogP contribution in [-0.4, -0.2) is 0 Å². The minimum Gasteiger partial charge on any atom is -0.166 e. The molecule has 0 aliphatic heterocycles. The highest BCUT2D eigenvalue weighted by Gasteiger charge is 2.38. The molecule has 0 nitrogen and oxygen atoms in total. The lowest BCUT2D eigenvalue weighted by atomic mass is 10.1. The second kappa shape index (κ2) is 6.36. The summed E-state index contributed by atoms with van der Waals surface area (Å²) in [4.78, 5) is 0. The van der Waals surface area contributed by atoms with Crippen molar-refractivity contribution >= 4 is 0 Å². The van der Waals surface area contributed by atoms with E-state index in [2.05, 4.69) is 0 Å². The molecule has 1 aromatic carbocycles. The summed E-state index contributed by atoms with van der Waals surface area (Å²) < 4.78 is 77.6. The van der Waals surface area contributed by atoms with E-state index >= 15 is 0 Å². The predicted molar refractivity (Wildman–Crippen MR) is 59.2 cm³/mol. The van der Waals surface area contributed by atoms with Crippen molar-refractivity contribution < 1.29 is 47.5 Å². The molecule has 0 spiro atoms. The van der Waals surface area contributed by atoms with Crippen molar-refractivity contribution in [2.24, 2.45) is 0 Å². The third-order valence-corrected chi connectivity index (χ3v) is 5.19. The van der Waals surface area contributed by atoms with Gasteiger partial charge in [0.05, 0.1) is 11.1 Å². The van der Waals surface area contributed by atoms with E-state index in [-0.39, 0.29) is 9.64 Å². The molecule has 0 unspecified atom stereocenters. The molecule has 0 aromatic heterocycles. The Morgan fingerprint density at radius 1 is 1.00 bits per heavy atom. The van der Waals surface area contributed by atoms with Gasteiger partial charge in [0.1, 0.15) is 0 Å². The van der Waals surface area contributed by atoms with Gasteiger partial charge in [0.2, 0.25) is 0 Å². The van der Waals surface area contributed by atoms with E-state index in [9.17, 15) is 26.3 Å². The highest BCUT2D eigenvalue weighted by atomic mass is 127. The summed E-state index contributed by atoms with van der Waals surface area (Å²) in [5.41, 5.74) is -1.53. The Morgan fingerprint density at radius 2 is 1.45 bits per heavy atom. The summed E-state index contributed by atoms with van der Waals surface area (Å²) in [6, 6.07) is 1.77. The van der Waals surface area contributed by atoms with Crippen LogP contribution in [0.1, 0.15) is 31.4 Å². The second-order valence-electron chi connectivity index (χ2n) is 4.14. The van der Waals surface area contributed by atoms with Crippen LogP contribution in [0.3, 0.4) is 0 Å². The van der Waals surface area contributed by atoms with E-state index in [0.29, 0.717) is 0 Å². The van der Waals surface area contributed by atoms with Crippen LogP contribution in [0.2, 0.25) is 0 Å². The van der Waals surface area contributed by atoms with Gasteiger partial charge in [0.15, 0.2) is 7.65 Å². The van der Waals surface area contributed by atoms with E-state index in [1.807, 2.05) is 6.92 Å². The molecule has 1 rings (SSSR count). The topological polar surface area (TPSA) is 0 Å². The van der Waals surface area contributed by atoms with Gasteiger partial charge in [-0.1, -0.05) is 6.92 Å². The zero-order chi connectivity index (χ0) is 15.6. The first-order valence-electron chi connectivity index (χ1n) is 5.62. The molecule has 0 bridgehead atoms. The standard InChI is InChI=1S/C13H12F6I/c1-3-8(2)7-20-11-5-9(12(14,15)16)4-10(6-11)13(17,18)19/h4-7H,3H2,1-2H3/q+1/b8-7-. The largest absolute Gasteiger partial charge is 0.416 e. The molecule has 0 fully saturated rings. The van der Waals surface area contributed by atoms with Crippen molar-refractivity contribution in [1.82, 2.24) is 0 Å². The summed E-state index contributed by atoms with van der Waals surface area (Å²) in [6.07, 6.45) is -8.82.